The first-order chi connectivity index (χ1) is 12.0. The van der Waals surface area contributed by atoms with E-state index in [9.17, 15) is 9.90 Å². The van der Waals surface area contributed by atoms with Gasteiger partial charge in [0.1, 0.15) is 11.5 Å². The Hall–Kier alpha value is -2.07. The maximum absolute atomic E-state index is 13.0. The van der Waals surface area contributed by atoms with Crippen molar-refractivity contribution in [1.29, 1.82) is 0 Å². The van der Waals surface area contributed by atoms with Gasteiger partial charge < -0.3 is 14.4 Å². The molecule has 2 heterocycles. The molecule has 4 heteroatoms. The summed E-state index contributed by atoms with van der Waals surface area (Å²) in [4.78, 5) is 14.9. The lowest BCUT2D eigenvalue weighted by atomic mass is 9.67. The molecule has 0 unspecified atom stereocenters. The molecule has 4 nitrogen and oxygen atoms in total. The number of carbonyl (C=O) groups excluding carboxylic acids is 1. The van der Waals surface area contributed by atoms with E-state index in [4.69, 9.17) is 4.42 Å². The number of aryl methyl sites for hydroxylation is 2. The third kappa shape index (κ3) is 2.69. The lowest BCUT2D eigenvalue weighted by Gasteiger charge is -2.41. The summed E-state index contributed by atoms with van der Waals surface area (Å²) in [6.45, 7) is 5.03. The molecule has 3 atom stereocenters. The second-order valence-corrected chi connectivity index (χ2v) is 7.59. The lowest BCUT2D eigenvalue weighted by molar-refractivity contribution is -0.0644. The number of rotatable bonds is 2. The van der Waals surface area contributed by atoms with Crippen LogP contribution in [0.15, 0.2) is 40.8 Å². The second kappa shape index (κ2) is 6.03. The van der Waals surface area contributed by atoms with E-state index in [0.29, 0.717) is 23.8 Å². The smallest absolute Gasteiger partial charge is 0.257 e. The highest BCUT2D eigenvalue weighted by Crippen LogP contribution is 2.48. The van der Waals surface area contributed by atoms with Crippen LogP contribution in [-0.4, -0.2) is 29.0 Å². The van der Waals surface area contributed by atoms with Crippen molar-refractivity contribution in [1.82, 2.24) is 4.90 Å². The van der Waals surface area contributed by atoms with Gasteiger partial charge in [-0.2, -0.15) is 0 Å². The fourth-order valence-electron chi connectivity index (χ4n) is 4.79. The highest BCUT2D eigenvalue weighted by molar-refractivity contribution is 5.95. The Morgan fingerprint density at radius 1 is 1.24 bits per heavy atom. The number of fused-ring (bicyclic) bond motifs is 1. The summed E-state index contributed by atoms with van der Waals surface area (Å²) in [6.07, 6.45) is 2.84. The molecule has 1 aliphatic carbocycles. The van der Waals surface area contributed by atoms with Gasteiger partial charge in [0, 0.05) is 19.0 Å². The number of carbonyl (C=O) groups is 1. The molecule has 2 aromatic rings. The molecule has 25 heavy (non-hydrogen) atoms. The van der Waals surface area contributed by atoms with E-state index in [1.807, 2.05) is 55.1 Å². The molecule has 0 bridgehead atoms. The average molecular weight is 339 g/mol. The highest BCUT2D eigenvalue weighted by Gasteiger charge is 2.50. The summed E-state index contributed by atoms with van der Waals surface area (Å²) in [6, 6.07) is 11.8. The summed E-state index contributed by atoms with van der Waals surface area (Å²) in [7, 11) is 0. The van der Waals surface area contributed by atoms with E-state index in [2.05, 4.69) is 0 Å². The van der Waals surface area contributed by atoms with Crippen molar-refractivity contribution in [2.45, 2.75) is 38.7 Å². The van der Waals surface area contributed by atoms with Crippen LogP contribution in [0.5, 0.6) is 0 Å². The minimum Gasteiger partial charge on any atom is -0.466 e. The number of amides is 1. The van der Waals surface area contributed by atoms with Gasteiger partial charge in [0.05, 0.1) is 11.2 Å². The van der Waals surface area contributed by atoms with E-state index < -0.39 is 5.60 Å². The molecular weight excluding hydrogens is 314 g/mol. The Morgan fingerprint density at radius 3 is 2.68 bits per heavy atom. The molecule has 132 valence electrons. The number of hydrogen-bond donors (Lipinski definition) is 1. The minimum atomic E-state index is -0.833. The Kier molecular flexibility index (Phi) is 3.95. The SMILES string of the molecule is Cc1cc(C(=O)N2C[C@H]3CCC[C@](O)(c4ccccc4)[C@H]3C2)c(C)o1. The van der Waals surface area contributed by atoms with Crippen LogP contribution >= 0.6 is 0 Å². The Balaban J connectivity index is 1.61. The highest BCUT2D eigenvalue weighted by atomic mass is 16.3. The van der Waals surface area contributed by atoms with Gasteiger partial charge in [-0.05, 0) is 50.7 Å². The minimum absolute atomic E-state index is 0.0270. The van der Waals surface area contributed by atoms with Crippen molar-refractivity contribution in [3.63, 3.8) is 0 Å². The topological polar surface area (TPSA) is 53.7 Å². The fourth-order valence-corrected chi connectivity index (χ4v) is 4.79. The zero-order valence-electron chi connectivity index (χ0n) is 14.9. The van der Waals surface area contributed by atoms with Crippen molar-refractivity contribution in [3.8, 4) is 0 Å². The molecule has 2 aliphatic rings. The van der Waals surface area contributed by atoms with Crippen molar-refractivity contribution in [2.75, 3.05) is 13.1 Å². The van der Waals surface area contributed by atoms with Gasteiger partial charge in [0.15, 0.2) is 0 Å². The number of nitrogens with zero attached hydrogens (tertiary/aromatic N) is 1. The van der Waals surface area contributed by atoms with Crippen molar-refractivity contribution in [3.05, 3.63) is 59.0 Å². The summed E-state index contributed by atoms with van der Waals surface area (Å²) < 4.78 is 5.53. The monoisotopic (exact) mass is 339 g/mol. The molecule has 1 aromatic carbocycles. The molecular formula is C21H25NO3. The number of likely N-dealkylation sites (tertiary alicyclic amines) is 1. The summed E-state index contributed by atoms with van der Waals surface area (Å²) in [5.74, 6) is 1.92. The van der Waals surface area contributed by atoms with Gasteiger partial charge in [0.25, 0.3) is 5.91 Å². The van der Waals surface area contributed by atoms with E-state index in [1.54, 1.807) is 0 Å². The summed E-state index contributed by atoms with van der Waals surface area (Å²) >= 11 is 0. The molecule has 2 fully saturated rings. The third-order valence-corrected chi connectivity index (χ3v) is 6.02. The van der Waals surface area contributed by atoms with E-state index in [0.717, 1.165) is 37.1 Å². The van der Waals surface area contributed by atoms with Crippen LogP contribution in [0.4, 0.5) is 0 Å². The van der Waals surface area contributed by atoms with Crippen LogP contribution < -0.4 is 0 Å². The fraction of sp³-hybridized carbons (Fsp3) is 0.476. The molecule has 4 rings (SSSR count). The molecule has 1 saturated carbocycles. The Bertz CT molecular complexity index is 782. The normalized spacial score (nSPS) is 28.8. The maximum atomic E-state index is 13.0. The number of benzene rings is 1. The predicted octanol–water partition coefficient (Wildman–Crippen LogP) is 3.66. The van der Waals surface area contributed by atoms with Crippen LogP contribution in [0.1, 0.15) is 46.7 Å². The zero-order chi connectivity index (χ0) is 17.6. The number of aliphatic hydroxyl groups is 1. The van der Waals surface area contributed by atoms with E-state index in [1.165, 1.54) is 0 Å². The van der Waals surface area contributed by atoms with Gasteiger partial charge >= 0.3 is 0 Å². The van der Waals surface area contributed by atoms with Gasteiger partial charge in [-0.25, -0.2) is 0 Å². The first kappa shape index (κ1) is 16.4. The first-order valence-electron chi connectivity index (χ1n) is 9.13. The third-order valence-electron chi connectivity index (χ3n) is 6.02. The Morgan fingerprint density at radius 2 is 2.00 bits per heavy atom. The molecule has 1 aromatic heterocycles. The molecule has 1 saturated heterocycles. The number of hydrogen-bond acceptors (Lipinski definition) is 3. The van der Waals surface area contributed by atoms with Crippen LogP contribution in [0, 0.1) is 25.7 Å². The molecule has 0 spiro atoms. The molecule has 1 N–H and O–H groups in total. The second-order valence-electron chi connectivity index (χ2n) is 7.59. The van der Waals surface area contributed by atoms with Crippen LogP contribution in [-0.2, 0) is 5.60 Å². The van der Waals surface area contributed by atoms with Gasteiger partial charge in [-0.15, -0.1) is 0 Å². The largest absolute Gasteiger partial charge is 0.466 e. The van der Waals surface area contributed by atoms with Crippen molar-refractivity contribution < 1.29 is 14.3 Å². The van der Waals surface area contributed by atoms with Gasteiger partial charge in [0.2, 0.25) is 0 Å². The molecule has 0 radical (unpaired) electrons. The van der Waals surface area contributed by atoms with Crippen LogP contribution in [0.2, 0.25) is 0 Å². The van der Waals surface area contributed by atoms with Crippen molar-refractivity contribution >= 4 is 5.91 Å². The van der Waals surface area contributed by atoms with Gasteiger partial charge in [-0.1, -0.05) is 30.3 Å². The van der Waals surface area contributed by atoms with E-state index in [-0.39, 0.29) is 11.8 Å². The average Bonchev–Trinajstić information content (AvgIpc) is 3.19. The quantitative estimate of drug-likeness (QED) is 0.908. The van der Waals surface area contributed by atoms with Crippen LogP contribution in [0.25, 0.3) is 0 Å². The van der Waals surface area contributed by atoms with Gasteiger partial charge in [-0.3, -0.25) is 4.79 Å². The lowest BCUT2D eigenvalue weighted by Crippen LogP contribution is -2.42. The standard InChI is InChI=1S/C21H25NO3/c1-14-11-18(15(2)25-14)20(23)22-12-16-7-6-10-21(24,19(16)13-22)17-8-4-3-5-9-17/h3-5,8-9,11,16,19,24H,6-7,10,12-13H2,1-2H3/t16-,19+,21+/m1/s1. The molecule has 1 aliphatic heterocycles. The summed E-state index contributed by atoms with van der Waals surface area (Å²) in [5, 5.41) is 11.5. The number of furan rings is 1. The molecule has 1 amide bonds. The first-order valence-corrected chi connectivity index (χ1v) is 9.13. The predicted molar refractivity (Wildman–Crippen MR) is 95.3 cm³/mol. The van der Waals surface area contributed by atoms with Crippen LogP contribution in [0.3, 0.4) is 0 Å². The zero-order valence-corrected chi connectivity index (χ0v) is 14.9. The summed E-state index contributed by atoms with van der Waals surface area (Å²) in [5.41, 5.74) is 0.800. The van der Waals surface area contributed by atoms with Crippen molar-refractivity contribution in [2.24, 2.45) is 11.8 Å². The Labute approximate surface area is 148 Å². The maximum Gasteiger partial charge on any atom is 0.257 e. The van der Waals surface area contributed by atoms with E-state index >= 15 is 0 Å².